The van der Waals surface area contributed by atoms with Gasteiger partial charge in [0.2, 0.25) is 11.9 Å². The normalized spacial score (nSPS) is 14.0. The maximum atomic E-state index is 13.9. The minimum absolute atomic E-state index is 0.00141. The molecule has 0 spiro atoms. The predicted molar refractivity (Wildman–Crippen MR) is 173 cm³/mol. The summed E-state index contributed by atoms with van der Waals surface area (Å²) in [4.78, 5) is 37.0. The summed E-state index contributed by atoms with van der Waals surface area (Å²) in [6.45, 7) is 3.59. The van der Waals surface area contributed by atoms with Crippen LogP contribution in [0.4, 0.5) is 5.95 Å². The molecule has 1 fully saturated rings. The van der Waals surface area contributed by atoms with Crippen molar-refractivity contribution in [3.8, 4) is 11.5 Å². The molecular formula is C36H40N4O5. The molecule has 45 heavy (non-hydrogen) atoms. The van der Waals surface area contributed by atoms with Crippen molar-refractivity contribution < 1.29 is 24.2 Å². The van der Waals surface area contributed by atoms with Crippen LogP contribution in [-0.2, 0) is 30.8 Å². The maximum absolute atomic E-state index is 13.9. The number of carbonyl (C=O) groups excluding carboxylic acids is 1. The number of aromatic nitrogens is 2. The Morgan fingerprint density at radius 3 is 2.36 bits per heavy atom. The zero-order valence-corrected chi connectivity index (χ0v) is 25.9. The summed E-state index contributed by atoms with van der Waals surface area (Å²) >= 11 is 0. The number of carboxylic acids is 1. The van der Waals surface area contributed by atoms with E-state index in [2.05, 4.69) is 34.3 Å². The Kier molecular flexibility index (Phi) is 10.3. The fourth-order valence-corrected chi connectivity index (χ4v) is 5.86. The van der Waals surface area contributed by atoms with Gasteiger partial charge in [-0.25, -0.2) is 14.8 Å². The zero-order valence-electron chi connectivity index (χ0n) is 25.9. The summed E-state index contributed by atoms with van der Waals surface area (Å²) in [5.41, 5.74) is 2.92. The number of hydrogen-bond acceptors (Lipinski definition) is 7. The molecule has 0 radical (unpaired) electrons. The van der Waals surface area contributed by atoms with Gasteiger partial charge in [-0.2, -0.15) is 0 Å². The molecule has 1 aliphatic heterocycles. The van der Waals surface area contributed by atoms with Crippen molar-refractivity contribution in [2.45, 2.75) is 52.2 Å². The van der Waals surface area contributed by atoms with Crippen LogP contribution in [0, 0.1) is 5.41 Å². The van der Waals surface area contributed by atoms with E-state index in [-0.39, 0.29) is 18.1 Å². The molecule has 1 saturated heterocycles. The second kappa shape index (κ2) is 14.7. The number of anilines is 1. The van der Waals surface area contributed by atoms with Crippen LogP contribution in [0.25, 0.3) is 0 Å². The van der Waals surface area contributed by atoms with Crippen molar-refractivity contribution in [2.75, 3.05) is 25.1 Å². The first-order valence-corrected chi connectivity index (χ1v) is 15.4. The van der Waals surface area contributed by atoms with Crippen molar-refractivity contribution in [2.24, 2.45) is 5.41 Å². The van der Waals surface area contributed by atoms with E-state index in [4.69, 9.17) is 9.47 Å². The number of ether oxygens (including phenoxy) is 2. The molecule has 2 N–H and O–H groups in total. The summed E-state index contributed by atoms with van der Waals surface area (Å²) in [6, 6.07) is 25.6. The largest absolute Gasteiger partial charge is 0.496 e. The van der Waals surface area contributed by atoms with Gasteiger partial charge < -0.3 is 24.8 Å². The molecule has 1 amide bonds. The van der Waals surface area contributed by atoms with Crippen LogP contribution >= 0.6 is 0 Å². The lowest BCUT2D eigenvalue weighted by atomic mass is 9.73. The summed E-state index contributed by atoms with van der Waals surface area (Å²) in [5, 5.41) is 13.0. The number of nitrogens with one attached hydrogen (secondary N) is 1. The van der Waals surface area contributed by atoms with E-state index in [1.165, 1.54) is 11.8 Å². The minimum atomic E-state index is -1.11. The quantitative estimate of drug-likeness (QED) is 0.194. The third-order valence-corrected chi connectivity index (χ3v) is 8.43. The van der Waals surface area contributed by atoms with Gasteiger partial charge in [0.05, 0.1) is 18.2 Å². The van der Waals surface area contributed by atoms with Crippen LogP contribution in [0.5, 0.6) is 11.5 Å². The lowest BCUT2D eigenvalue weighted by Crippen LogP contribution is -2.50. The lowest BCUT2D eigenvalue weighted by molar-refractivity contribution is -0.132. The highest BCUT2D eigenvalue weighted by atomic mass is 16.5. The third-order valence-electron chi connectivity index (χ3n) is 8.43. The highest BCUT2D eigenvalue weighted by Crippen LogP contribution is 2.37. The van der Waals surface area contributed by atoms with Gasteiger partial charge in [0.1, 0.15) is 23.7 Å². The second-order valence-electron chi connectivity index (χ2n) is 11.4. The molecule has 0 bridgehead atoms. The number of rotatable bonds is 13. The van der Waals surface area contributed by atoms with E-state index in [9.17, 15) is 14.7 Å². The number of para-hydroxylation sites is 1. The Labute approximate surface area is 264 Å². The number of methoxy groups -OCH3 is 1. The van der Waals surface area contributed by atoms with Crippen molar-refractivity contribution in [1.29, 1.82) is 0 Å². The molecule has 9 heteroatoms. The molecule has 0 atom stereocenters. The van der Waals surface area contributed by atoms with Crippen LogP contribution in [0.2, 0.25) is 0 Å². The van der Waals surface area contributed by atoms with Gasteiger partial charge in [0, 0.05) is 31.4 Å². The number of aromatic carboxylic acids is 1. The Bertz CT molecular complexity index is 1590. The molecule has 2 heterocycles. The Balaban J connectivity index is 1.31. The number of aryl methyl sites for hydroxylation is 1. The van der Waals surface area contributed by atoms with Gasteiger partial charge in [-0.15, -0.1) is 0 Å². The van der Waals surface area contributed by atoms with Gasteiger partial charge >= 0.3 is 5.97 Å². The van der Waals surface area contributed by atoms with E-state index in [1.807, 2.05) is 71.6 Å². The monoisotopic (exact) mass is 608 g/mol. The first-order chi connectivity index (χ1) is 21.9. The van der Waals surface area contributed by atoms with Gasteiger partial charge in [-0.1, -0.05) is 74.0 Å². The average Bonchev–Trinajstić information content (AvgIpc) is 3.07. The molecule has 1 aliphatic rings. The van der Waals surface area contributed by atoms with Crippen LogP contribution in [0.3, 0.4) is 0 Å². The summed E-state index contributed by atoms with van der Waals surface area (Å²) in [7, 11) is 1.63. The molecule has 3 aromatic carbocycles. The first-order valence-electron chi connectivity index (χ1n) is 15.4. The summed E-state index contributed by atoms with van der Waals surface area (Å²) < 4.78 is 11.4. The maximum Gasteiger partial charge on any atom is 0.339 e. The minimum Gasteiger partial charge on any atom is -0.496 e. The smallest absolute Gasteiger partial charge is 0.339 e. The zero-order chi connectivity index (χ0) is 31.6. The van der Waals surface area contributed by atoms with Crippen molar-refractivity contribution in [3.05, 3.63) is 113 Å². The highest BCUT2D eigenvalue weighted by molar-refractivity contribution is 5.88. The number of piperidine rings is 1. The van der Waals surface area contributed by atoms with Gasteiger partial charge in [-0.05, 0) is 55.0 Å². The predicted octanol–water partition coefficient (Wildman–Crippen LogP) is 5.86. The Hall–Kier alpha value is -4.92. The van der Waals surface area contributed by atoms with E-state index in [0.717, 1.165) is 29.7 Å². The standard InChI is InChI=1S/C36H40N4O5/c1-3-9-26-14-16-29(17-15-26)45-25-31-30(33(41)42)24-38-35(39-31)40-20-18-36(19-21-40,22-27-10-5-4-6-11-27)34(43)37-23-28-12-7-8-13-32(28)44-2/h4-8,10-17,24H,3,9,18-23,25H2,1-2H3,(H,37,43)(H,41,42). The molecule has 4 aromatic rings. The average molecular weight is 609 g/mol. The fraction of sp³-hybridized carbons (Fsp3) is 0.333. The highest BCUT2D eigenvalue weighted by Gasteiger charge is 2.42. The fourth-order valence-electron chi connectivity index (χ4n) is 5.86. The summed E-state index contributed by atoms with van der Waals surface area (Å²) in [5.74, 6) is 0.706. The molecule has 234 valence electrons. The molecule has 0 unspecified atom stereocenters. The van der Waals surface area contributed by atoms with Crippen molar-refractivity contribution >= 4 is 17.8 Å². The number of carboxylic acid groups (broad SMARTS) is 1. The number of benzene rings is 3. The van der Waals surface area contributed by atoms with E-state index < -0.39 is 11.4 Å². The van der Waals surface area contributed by atoms with Crippen LogP contribution in [0.15, 0.2) is 85.1 Å². The summed E-state index contributed by atoms with van der Waals surface area (Å²) in [6.07, 6.45) is 5.17. The molecule has 0 saturated carbocycles. The number of carbonyl (C=O) groups is 2. The van der Waals surface area contributed by atoms with E-state index in [0.29, 0.717) is 56.3 Å². The first kappa shape index (κ1) is 31.5. The van der Waals surface area contributed by atoms with E-state index in [1.54, 1.807) is 7.11 Å². The molecule has 0 aliphatic carbocycles. The number of nitrogens with zero attached hydrogens (tertiary/aromatic N) is 3. The molecule has 5 rings (SSSR count). The van der Waals surface area contributed by atoms with Gasteiger partial charge in [0.15, 0.2) is 0 Å². The third kappa shape index (κ3) is 7.78. The topological polar surface area (TPSA) is 114 Å². The van der Waals surface area contributed by atoms with E-state index >= 15 is 0 Å². The van der Waals surface area contributed by atoms with Crippen molar-refractivity contribution in [1.82, 2.24) is 15.3 Å². The number of hydrogen-bond donors (Lipinski definition) is 2. The second-order valence-corrected chi connectivity index (χ2v) is 11.4. The SMILES string of the molecule is CCCc1ccc(OCc2nc(N3CCC(Cc4ccccc4)(C(=O)NCc4ccccc4OC)CC3)ncc2C(=O)O)cc1. The molecule has 9 nitrogen and oxygen atoms in total. The lowest BCUT2D eigenvalue weighted by Gasteiger charge is -2.41. The van der Waals surface area contributed by atoms with Crippen LogP contribution in [0.1, 0.15) is 58.9 Å². The number of amides is 1. The van der Waals surface area contributed by atoms with Crippen LogP contribution in [-0.4, -0.2) is 47.2 Å². The van der Waals surface area contributed by atoms with Crippen molar-refractivity contribution in [3.63, 3.8) is 0 Å². The van der Waals surface area contributed by atoms with Gasteiger partial charge in [0.25, 0.3) is 0 Å². The van der Waals surface area contributed by atoms with Gasteiger partial charge in [-0.3, -0.25) is 4.79 Å². The Morgan fingerprint density at radius 2 is 1.67 bits per heavy atom. The Morgan fingerprint density at radius 1 is 0.956 bits per heavy atom. The molecular weight excluding hydrogens is 568 g/mol. The van der Waals surface area contributed by atoms with Crippen LogP contribution < -0.4 is 19.7 Å². The molecule has 1 aromatic heterocycles.